The van der Waals surface area contributed by atoms with Crippen molar-refractivity contribution < 1.29 is 28.6 Å². The molecule has 0 rings (SSSR count). The number of esters is 3. The minimum absolute atomic E-state index is 0.0892. The van der Waals surface area contributed by atoms with Gasteiger partial charge in [0.15, 0.2) is 6.10 Å². The van der Waals surface area contributed by atoms with Crippen molar-refractivity contribution in [2.45, 2.75) is 239 Å². The third-order valence-electron chi connectivity index (χ3n) is 10.3. The van der Waals surface area contributed by atoms with Crippen LogP contribution in [0.4, 0.5) is 0 Å². The molecule has 0 spiro atoms. The van der Waals surface area contributed by atoms with Crippen molar-refractivity contribution in [3.63, 3.8) is 0 Å². The van der Waals surface area contributed by atoms with Gasteiger partial charge in [-0.15, -0.1) is 0 Å². The van der Waals surface area contributed by atoms with E-state index in [2.05, 4.69) is 81.5 Å². The highest BCUT2D eigenvalue weighted by Gasteiger charge is 2.19. The van der Waals surface area contributed by atoms with Crippen LogP contribution in [0.5, 0.6) is 0 Å². The van der Waals surface area contributed by atoms with E-state index in [0.717, 1.165) is 96.3 Å². The fraction of sp³-hybridized carbons (Fsp3) is 0.750. The normalized spacial score (nSPS) is 12.5. The topological polar surface area (TPSA) is 78.9 Å². The van der Waals surface area contributed by atoms with Gasteiger partial charge in [-0.25, -0.2) is 0 Å². The largest absolute Gasteiger partial charge is 0.462 e. The van der Waals surface area contributed by atoms with E-state index in [-0.39, 0.29) is 31.1 Å². The Morgan fingerprint density at radius 2 is 0.672 bits per heavy atom. The zero-order valence-corrected chi connectivity index (χ0v) is 38.0. The van der Waals surface area contributed by atoms with Gasteiger partial charge in [0.05, 0.1) is 0 Å². The standard InChI is InChI=1S/C52H90O6/c1-4-7-10-13-16-19-22-25-26-28-30-33-36-39-42-45-51(54)57-48-49(47-56-50(53)44-41-38-35-32-29-24-21-18-15-12-9-6-3)58-52(55)46-43-40-37-34-31-27-23-20-17-14-11-8-5-2/h7,10,16,19-20,23,25-26,30,33,49H,4-6,8-9,11-15,17-18,21-22,24,27-29,31-32,34-48H2,1-3H3/b10-7-,19-16-,23-20-,26-25-,33-30-/t49-/m1/s1. The molecular formula is C52H90O6. The van der Waals surface area contributed by atoms with E-state index in [1.165, 1.54) is 96.3 Å². The Kier molecular flexibility index (Phi) is 44.5. The maximum Gasteiger partial charge on any atom is 0.306 e. The molecule has 0 aliphatic carbocycles. The smallest absolute Gasteiger partial charge is 0.306 e. The average Bonchev–Trinajstić information content (AvgIpc) is 3.22. The Labute approximate surface area is 358 Å². The lowest BCUT2D eigenvalue weighted by atomic mass is 10.0. The van der Waals surface area contributed by atoms with Crippen molar-refractivity contribution in [3.05, 3.63) is 60.8 Å². The van der Waals surface area contributed by atoms with Gasteiger partial charge in [-0.3, -0.25) is 14.4 Å². The number of carbonyl (C=O) groups is 3. The molecule has 334 valence electrons. The molecule has 58 heavy (non-hydrogen) atoms. The van der Waals surface area contributed by atoms with Gasteiger partial charge in [-0.05, 0) is 83.5 Å². The van der Waals surface area contributed by atoms with E-state index in [1.54, 1.807) is 0 Å². The zero-order chi connectivity index (χ0) is 42.3. The molecule has 6 heteroatoms. The van der Waals surface area contributed by atoms with Gasteiger partial charge < -0.3 is 14.2 Å². The van der Waals surface area contributed by atoms with Gasteiger partial charge in [0, 0.05) is 19.3 Å². The fourth-order valence-corrected chi connectivity index (χ4v) is 6.60. The fourth-order valence-electron chi connectivity index (χ4n) is 6.60. The molecule has 0 aromatic heterocycles. The quantitative estimate of drug-likeness (QED) is 0.0264. The first-order chi connectivity index (χ1) is 28.5. The predicted molar refractivity (Wildman–Crippen MR) is 247 cm³/mol. The highest BCUT2D eigenvalue weighted by molar-refractivity contribution is 5.71. The van der Waals surface area contributed by atoms with Gasteiger partial charge in [0.2, 0.25) is 0 Å². The number of hydrogen-bond acceptors (Lipinski definition) is 6. The van der Waals surface area contributed by atoms with Gasteiger partial charge in [-0.1, -0.05) is 191 Å². The lowest BCUT2D eigenvalue weighted by molar-refractivity contribution is -0.167. The molecule has 0 fully saturated rings. The molecule has 6 nitrogen and oxygen atoms in total. The summed E-state index contributed by atoms with van der Waals surface area (Å²) >= 11 is 0. The van der Waals surface area contributed by atoms with Gasteiger partial charge in [0.25, 0.3) is 0 Å². The van der Waals surface area contributed by atoms with Crippen LogP contribution < -0.4 is 0 Å². The summed E-state index contributed by atoms with van der Waals surface area (Å²) in [6.07, 6.45) is 56.3. The van der Waals surface area contributed by atoms with Crippen molar-refractivity contribution in [2.75, 3.05) is 13.2 Å². The Balaban J connectivity index is 4.45. The summed E-state index contributed by atoms with van der Waals surface area (Å²) in [6.45, 7) is 6.46. The van der Waals surface area contributed by atoms with Crippen LogP contribution in [0.15, 0.2) is 60.8 Å². The highest BCUT2D eigenvalue weighted by Crippen LogP contribution is 2.14. The van der Waals surface area contributed by atoms with Crippen molar-refractivity contribution in [1.82, 2.24) is 0 Å². The monoisotopic (exact) mass is 811 g/mol. The minimum atomic E-state index is -0.791. The zero-order valence-electron chi connectivity index (χ0n) is 38.0. The van der Waals surface area contributed by atoms with E-state index < -0.39 is 6.10 Å². The lowest BCUT2D eigenvalue weighted by Crippen LogP contribution is -2.30. The van der Waals surface area contributed by atoms with Gasteiger partial charge >= 0.3 is 17.9 Å². The summed E-state index contributed by atoms with van der Waals surface area (Å²) in [5.41, 5.74) is 0. The summed E-state index contributed by atoms with van der Waals surface area (Å²) < 4.78 is 16.7. The second-order valence-corrected chi connectivity index (χ2v) is 16.0. The molecule has 0 amide bonds. The third-order valence-corrected chi connectivity index (χ3v) is 10.3. The van der Waals surface area contributed by atoms with Crippen LogP contribution in [-0.2, 0) is 28.6 Å². The van der Waals surface area contributed by atoms with Crippen LogP contribution >= 0.6 is 0 Å². The van der Waals surface area contributed by atoms with E-state index in [1.807, 2.05) is 0 Å². The number of allylic oxidation sites excluding steroid dienone is 10. The first kappa shape index (κ1) is 55.1. The molecule has 0 N–H and O–H groups in total. The molecule has 0 radical (unpaired) electrons. The van der Waals surface area contributed by atoms with Crippen LogP contribution in [0.1, 0.15) is 233 Å². The summed E-state index contributed by atoms with van der Waals surface area (Å²) in [6, 6.07) is 0. The molecule has 0 aromatic carbocycles. The lowest BCUT2D eigenvalue weighted by Gasteiger charge is -2.18. The van der Waals surface area contributed by atoms with Crippen molar-refractivity contribution in [3.8, 4) is 0 Å². The van der Waals surface area contributed by atoms with Crippen molar-refractivity contribution >= 4 is 17.9 Å². The molecule has 0 bridgehead atoms. The van der Waals surface area contributed by atoms with Crippen LogP contribution in [0, 0.1) is 0 Å². The first-order valence-corrected chi connectivity index (χ1v) is 24.3. The molecule has 0 saturated heterocycles. The number of hydrogen-bond donors (Lipinski definition) is 0. The van der Waals surface area contributed by atoms with Crippen molar-refractivity contribution in [1.29, 1.82) is 0 Å². The van der Waals surface area contributed by atoms with E-state index in [4.69, 9.17) is 14.2 Å². The maximum absolute atomic E-state index is 12.7. The Hall–Kier alpha value is -2.89. The Bertz CT molecular complexity index is 1070. The average molecular weight is 811 g/mol. The van der Waals surface area contributed by atoms with Crippen LogP contribution in [0.25, 0.3) is 0 Å². The second kappa shape index (κ2) is 46.8. The second-order valence-electron chi connectivity index (χ2n) is 16.0. The Morgan fingerprint density at radius 1 is 0.362 bits per heavy atom. The molecular weight excluding hydrogens is 721 g/mol. The Morgan fingerprint density at radius 3 is 1.12 bits per heavy atom. The third kappa shape index (κ3) is 44.2. The molecule has 1 atom stereocenters. The molecule has 0 aliphatic heterocycles. The van der Waals surface area contributed by atoms with E-state index in [0.29, 0.717) is 19.3 Å². The maximum atomic E-state index is 12.7. The van der Waals surface area contributed by atoms with E-state index >= 15 is 0 Å². The summed E-state index contributed by atoms with van der Waals surface area (Å²) in [7, 11) is 0. The van der Waals surface area contributed by atoms with Gasteiger partial charge in [-0.2, -0.15) is 0 Å². The number of rotatable bonds is 43. The number of ether oxygens (including phenoxy) is 3. The first-order valence-electron chi connectivity index (χ1n) is 24.3. The van der Waals surface area contributed by atoms with Crippen LogP contribution in [-0.4, -0.2) is 37.2 Å². The molecule has 0 aromatic rings. The minimum Gasteiger partial charge on any atom is -0.462 e. The number of carbonyl (C=O) groups excluding carboxylic acids is 3. The van der Waals surface area contributed by atoms with Crippen LogP contribution in [0.2, 0.25) is 0 Å². The van der Waals surface area contributed by atoms with E-state index in [9.17, 15) is 14.4 Å². The predicted octanol–water partition coefficient (Wildman–Crippen LogP) is 15.7. The van der Waals surface area contributed by atoms with Crippen LogP contribution in [0.3, 0.4) is 0 Å². The summed E-state index contributed by atoms with van der Waals surface area (Å²) in [4.78, 5) is 37.8. The molecule has 0 aliphatic rings. The summed E-state index contributed by atoms with van der Waals surface area (Å²) in [5, 5.41) is 0. The van der Waals surface area contributed by atoms with Gasteiger partial charge in [0.1, 0.15) is 13.2 Å². The SMILES string of the molecule is CC/C=C\C/C=C\C/C=C\C/C=C\CCCCC(=O)OC[C@@H](COC(=O)CCCCCCCCCCCCCC)OC(=O)CCCCCCC/C=C\CCCCCC. The molecule has 0 unspecified atom stereocenters. The number of unbranched alkanes of at least 4 members (excludes halogenated alkanes) is 22. The van der Waals surface area contributed by atoms with Crippen molar-refractivity contribution in [2.24, 2.45) is 0 Å². The summed E-state index contributed by atoms with van der Waals surface area (Å²) in [5.74, 6) is -0.941. The molecule has 0 heterocycles. The highest BCUT2D eigenvalue weighted by atomic mass is 16.6. The molecule has 0 saturated carbocycles.